The van der Waals surface area contributed by atoms with Crippen LogP contribution in [-0.2, 0) is 0 Å². The Labute approximate surface area is 164 Å². The maximum Gasteiger partial charge on any atom is 0.274 e. The van der Waals surface area contributed by atoms with Crippen LogP contribution in [0.4, 0.5) is 5.69 Å². The molecule has 0 N–H and O–H groups in total. The Bertz CT molecular complexity index is 942. The van der Waals surface area contributed by atoms with Gasteiger partial charge in [-0.3, -0.25) is 4.79 Å². The molecule has 0 bridgehead atoms. The predicted molar refractivity (Wildman–Crippen MR) is 109 cm³/mol. The molecule has 6 nitrogen and oxygen atoms in total. The second kappa shape index (κ2) is 7.76. The second-order valence-electron chi connectivity index (χ2n) is 6.90. The summed E-state index contributed by atoms with van der Waals surface area (Å²) in [5, 5.41) is 4.55. The summed E-state index contributed by atoms with van der Waals surface area (Å²) < 4.78 is 7.04. The summed E-state index contributed by atoms with van der Waals surface area (Å²) in [6.07, 6.45) is 0. The number of aryl methyl sites for hydroxylation is 1. The molecule has 28 heavy (non-hydrogen) atoms. The third-order valence-corrected chi connectivity index (χ3v) is 5.11. The molecule has 0 radical (unpaired) electrons. The summed E-state index contributed by atoms with van der Waals surface area (Å²) in [4.78, 5) is 17.1. The van der Waals surface area contributed by atoms with E-state index < -0.39 is 0 Å². The quantitative estimate of drug-likeness (QED) is 0.702. The van der Waals surface area contributed by atoms with Gasteiger partial charge in [0.15, 0.2) is 5.69 Å². The van der Waals surface area contributed by atoms with Gasteiger partial charge in [0.2, 0.25) is 0 Å². The van der Waals surface area contributed by atoms with Crippen molar-refractivity contribution in [2.45, 2.75) is 6.92 Å². The van der Waals surface area contributed by atoms with Gasteiger partial charge in [0.05, 0.1) is 12.8 Å². The number of aromatic nitrogens is 2. The maximum atomic E-state index is 12.9. The molecule has 0 atom stereocenters. The number of nitrogens with zero attached hydrogens (tertiary/aromatic N) is 4. The van der Waals surface area contributed by atoms with Crippen molar-refractivity contribution in [1.82, 2.24) is 14.7 Å². The van der Waals surface area contributed by atoms with Gasteiger partial charge in [0.1, 0.15) is 5.75 Å². The lowest BCUT2D eigenvalue weighted by Gasteiger charge is -2.35. The number of hydrogen-bond acceptors (Lipinski definition) is 4. The topological polar surface area (TPSA) is 50.6 Å². The Morgan fingerprint density at radius 2 is 1.61 bits per heavy atom. The van der Waals surface area contributed by atoms with Crippen LogP contribution in [-0.4, -0.2) is 53.9 Å². The first-order chi connectivity index (χ1) is 13.7. The molecule has 0 aliphatic carbocycles. The predicted octanol–water partition coefficient (Wildman–Crippen LogP) is 3.15. The van der Waals surface area contributed by atoms with E-state index >= 15 is 0 Å². The van der Waals surface area contributed by atoms with Crippen LogP contribution in [0.25, 0.3) is 5.69 Å². The largest absolute Gasteiger partial charge is 0.497 e. The average molecular weight is 376 g/mol. The molecule has 2 aromatic carbocycles. The van der Waals surface area contributed by atoms with E-state index in [-0.39, 0.29) is 5.91 Å². The Balaban J connectivity index is 1.43. The van der Waals surface area contributed by atoms with Gasteiger partial charge in [-0.25, -0.2) is 4.68 Å². The molecule has 1 amide bonds. The van der Waals surface area contributed by atoms with Crippen LogP contribution in [0.5, 0.6) is 5.75 Å². The molecule has 144 valence electrons. The van der Waals surface area contributed by atoms with Crippen LogP contribution in [0.3, 0.4) is 0 Å². The number of amides is 1. The van der Waals surface area contributed by atoms with Crippen LogP contribution in [0.15, 0.2) is 60.7 Å². The van der Waals surface area contributed by atoms with Crippen molar-refractivity contribution in [3.05, 3.63) is 72.1 Å². The normalized spacial score (nSPS) is 14.2. The summed E-state index contributed by atoms with van der Waals surface area (Å²) in [6.45, 7) is 4.94. The van der Waals surface area contributed by atoms with E-state index in [1.54, 1.807) is 7.11 Å². The highest BCUT2D eigenvalue weighted by Crippen LogP contribution is 2.21. The molecule has 4 rings (SSSR count). The fourth-order valence-corrected chi connectivity index (χ4v) is 3.53. The van der Waals surface area contributed by atoms with Crippen LogP contribution < -0.4 is 9.64 Å². The number of methoxy groups -OCH3 is 1. The van der Waals surface area contributed by atoms with Crippen molar-refractivity contribution in [1.29, 1.82) is 0 Å². The molecule has 1 aliphatic heterocycles. The van der Waals surface area contributed by atoms with E-state index in [9.17, 15) is 4.79 Å². The lowest BCUT2D eigenvalue weighted by atomic mass is 10.2. The number of benzene rings is 2. The molecule has 3 aromatic rings. The van der Waals surface area contributed by atoms with Gasteiger partial charge in [0, 0.05) is 37.6 Å². The SMILES string of the molecule is COc1ccc(N2CCN(C(=O)c3cc(C)n(-c4ccccc4)n3)CC2)cc1. The smallest absolute Gasteiger partial charge is 0.274 e. The molecule has 1 aromatic heterocycles. The first-order valence-corrected chi connectivity index (χ1v) is 9.46. The summed E-state index contributed by atoms with van der Waals surface area (Å²) in [7, 11) is 1.67. The van der Waals surface area contributed by atoms with Gasteiger partial charge in [0.25, 0.3) is 5.91 Å². The fourth-order valence-electron chi connectivity index (χ4n) is 3.53. The summed E-state index contributed by atoms with van der Waals surface area (Å²) >= 11 is 0. The average Bonchev–Trinajstić information content (AvgIpc) is 3.15. The van der Waals surface area contributed by atoms with Crippen molar-refractivity contribution in [3.63, 3.8) is 0 Å². The number of carbonyl (C=O) groups is 1. The fraction of sp³-hybridized carbons (Fsp3) is 0.273. The van der Waals surface area contributed by atoms with Gasteiger partial charge in [-0.2, -0.15) is 5.10 Å². The van der Waals surface area contributed by atoms with Crippen molar-refractivity contribution in [2.75, 3.05) is 38.2 Å². The summed E-state index contributed by atoms with van der Waals surface area (Å²) in [6, 6.07) is 19.8. The van der Waals surface area contributed by atoms with E-state index in [1.807, 2.05) is 65.0 Å². The van der Waals surface area contributed by atoms with Crippen molar-refractivity contribution in [2.24, 2.45) is 0 Å². The van der Waals surface area contributed by atoms with Crippen molar-refractivity contribution >= 4 is 11.6 Å². The zero-order valence-corrected chi connectivity index (χ0v) is 16.2. The Morgan fingerprint density at radius 1 is 0.929 bits per heavy atom. The van der Waals surface area contributed by atoms with E-state index in [0.717, 1.165) is 35.9 Å². The standard InChI is InChI=1S/C22H24N4O2/c1-17-16-21(23-26(17)19-6-4-3-5-7-19)22(27)25-14-12-24(13-15-25)18-8-10-20(28-2)11-9-18/h3-11,16H,12-15H2,1-2H3. The molecule has 2 heterocycles. The maximum absolute atomic E-state index is 12.9. The monoisotopic (exact) mass is 376 g/mol. The first-order valence-electron chi connectivity index (χ1n) is 9.46. The van der Waals surface area contributed by atoms with Gasteiger partial charge in [-0.05, 0) is 49.4 Å². The molecule has 0 spiro atoms. The van der Waals surface area contributed by atoms with E-state index in [1.165, 1.54) is 0 Å². The minimum Gasteiger partial charge on any atom is -0.497 e. The molecular formula is C22H24N4O2. The Hall–Kier alpha value is -3.28. The number of carbonyl (C=O) groups excluding carboxylic acids is 1. The van der Waals surface area contributed by atoms with Gasteiger partial charge in [-0.1, -0.05) is 18.2 Å². The van der Waals surface area contributed by atoms with E-state index in [4.69, 9.17) is 4.74 Å². The van der Waals surface area contributed by atoms with E-state index in [0.29, 0.717) is 18.8 Å². The molecule has 1 fully saturated rings. The Morgan fingerprint density at radius 3 is 2.25 bits per heavy atom. The minimum absolute atomic E-state index is 0.00726. The lowest BCUT2D eigenvalue weighted by Crippen LogP contribution is -2.48. The molecular weight excluding hydrogens is 352 g/mol. The van der Waals surface area contributed by atoms with Gasteiger partial charge in [-0.15, -0.1) is 0 Å². The number of ether oxygens (including phenoxy) is 1. The molecule has 1 saturated heterocycles. The number of rotatable bonds is 4. The lowest BCUT2D eigenvalue weighted by molar-refractivity contribution is 0.0740. The number of piperazine rings is 1. The zero-order chi connectivity index (χ0) is 19.5. The zero-order valence-electron chi connectivity index (χ0n) is 16.2. The van der Waals surface area contributed by atoms with Crippen molar-refractivity contribution in [3.8, 4) is 11.4 Å². The number of para-hydroxylation sites is 1. The number of anilines is 1. The van der Waals surface area contributed by atoms with E-state index in [2.05, 4.69) is 22.1 Å². The highest BCUT2D eigenvalue weighted by Gasteiger charge is 2.24. The Kier molecular flexibility index (Phi) is 5.02. The molecule has 0 saturated carbocycles. The minimum atomic E-state index is -0.00726. The van der Waals surface area contributed by atoms with Crippen LogP contribution in [0, 0.1) is 6.92 Å². The second-order valence-corrected chi connectivity index (χ2v) is 6.90. The number of hydrogen-bond donors (Lipinski definition) is 0. The van der Waals surface area contributed by atoms with Gasteiger partial charge < -0.3 is 14.5 Å². The van der Waals surface area contributed by atoms with Crippen LogP contribution in [0.2, 0.25) is 0 Å². The molecule has 6 heteroatoms. The third-order valence-electron chi connectivity index (χ3n) is 5.11. The summed E-state index contributed by atoms with van der Waals surface area (Å²) in [5.74, 6) is 0.842. The molecule has 0 unspecified atom stereocenters. The highest BCUT2D eigenvalue weighted by molar-refractivity contribution is 5.92. The first kappa shape index (κ1) is 18.1. The summed E-state index contributed by atoms with van der Waals surface area (Å²) in [5.41, 5.74) is 3.56. The van der Waals surface area contributed by atoms with Crippen molar-refractivity contribution < 1.29 is 9.53 Å². The van der Waals surface area contributed by atoms with Gasteiger partial charge >= 0.3 is 0 Å². The molecule has 1 aliphatic rings. The van der Waals surface area contributed by atoms with Crippen LogP contribution >= 0.6 is 0 Å². The third kappa shape index (κ3) is 3.58. The van der Waals surface area contributed by atoms with Crippen LogP contribution in [0.1, 0.15) is 16.2 Å². The highest BCUT2D eigenvalue weighted by atomic mass is 16.5.